The van der Waals surface area contributed by atoms with Gasteiger partial charge in [-0.2, -0.15) is 0 Å². The van der Waals surface area contributed by atoms with E-state index in [2.05, 4.69) is 20.9 Å². The first-order valence-corrected chi connectivity index (χ1v) is 9.59. The highest BCUT2D eigenvalue weighted by atomic mass is 127. The third-order valence-electron chi connectivity index (χ3n) is 4.95. The van der Waals surface area contributed by atoms with Crippen molar-refractivity contribution in [3.63, 3.8) is 0 Å². The molecular weight excluding hydrogens is 459 g/mol. The number of nitrogens with zero attached hydrogens (tertiary/aromatic N) is 1. The molecule has 0 saturated heterocycles. The summed E-state index contributed by atoms with van der Waals surface area (Å²) < 4.78 is 5.19. The molecular formula is C19H33IN4O3. The van der Waals surface area contributed by atoms with Crippen LogP contribution in [0.1, 0.15) is 51.2 Å². The zero-order valence-corrected chi connectivity index (χ0v) is 18.5. The van der Waals surface area contributed by atoms with Gasteiger partial charge in [0.2, 0.25) is 5.91 Å². The van der Waals surface area contributed by atoms with Gasteiger partial charge in [0.1, 0.15) is 12.3 Å². The van der Waals surface area contributed by atoms with Gasteiger partial charge in [-0.15, -0.1) is 24.0 Å². The van der Waals surface area contributed by atoms with Crippen molar-refractivity contribution in [2.45, 2.75) is 52.0 Å². The van der Waals surface area contributed by atoms with Crippen molar-refractivity contribution >= 4 is 35.8 Å². The number of aliphatic hydroxyl groups is 1. The van der Waals surface area contributed by atoms with Crippen LogP contribution in [0.4, 0.5) is 0 Å². The van der Waals surface area contributed by atoms with Crippen molar-refractivity contribution in [2.75, 3.05) is 26.2 Å². The predicted molar refractivity (Wildman–Crippen MR) is 117 cm³/mol. The molecule has 0 aliphatic heterocycles. The van der Waals surface area contributed by atoms with Gasteiger partial charge >= 0.3 is 0 Å². The first kappa shape index (κ1) is 23.7. The monoisotopic (exact) mass is 492 g/mol. The Kier molecular flexibility index (Phi) is 11.4. The molecule has 1 fully saturated rings. The van der Waals surface area contributed by atoms with E-state index in [0.29, 0.717) is 12.5 Å². The highest BCUT2D eigenvalue weighted by Crippen LogP contribution is 2.38. The number of guanidine groups is 1. The molecule has 7 nitrogen and oxygen atoms in total. The molecule has 154 valence electrons. The number of amides is 1. The summed E-state index contributed by atoms with van der Waals surface area (Å²) in [5.41, 5.74) is 0.130. The van der Waals surface area contributed by atoms with Crippen LogP contribution in [0.2, 0.25) is 0 Å². The van der Waals surface area contributed by atoms with Gasteiger partial charge in [0, 0.05) is 19.7 Å². The smallest absolute Gasteiger partial charge is 0.242 e. The van der Waals surface area contributed by atoms with Crippen molar-refractivity contribution in [1.82, 2.24) is 16.0 Å². The predicted octanol–water partition coefficient (Wildman–Crippen LogP) is 2.40. The van der Waals surface area contributed by atoms with Crippen LogP contribution in [0.5, 0.6) is 0 Å². The minimum absolute atomic E-state index is 0. The molecule has 0 radical (unpaired) electrons. The highest BCUT2D eigenvalue weighted by Gasteiger charge is 2.31. The summed E-state index contributed by atoms with van der Waals surface area (Å²) >= 11 is 0. The maximum Gasteiger partial charge on any atom is 0.242 e. The molecule has 0 bridgehead atoms. The van der Waals surface area contributed by atoms with Crippen LogP contribution in [0.15, 0.2) is 27.8 Å². The van der Waals surface area contributed by atoms with Crippen molar-refractivity contribution in [3.05, 3.63) is 24.2 Å². The molecule has 1 aliphatic rings. The standard InChI is InChI=1S/C19H32N4O3.HI/c1-2-20-18(22-14-17(25)21-13-16-7-6-12-26-16)23-15-19(10-11-24)8-4-3-5-9-19;/h6-7,12,24H,2-5,8-11,13-15H2,1H3,(H,21,25)(H2,20,22,23);1H. The molecule has 1 amide bonds. The Labute approximate surface area is 178 Å². The lowest BCUT2D eigenvalue weighted by atomic mass is 9.72. The average Bonchev–Trinajstić information content (AvgIpc) is 3.17. The average molecular weight is 492 g/mol. The number of furan rings is 1. The van der Waals surface area contributed by atoms with Crippen molar-refractivity contribution in [2.24, 2.45) is 10.4 Å². The third-order valence-corrected chi connectivity index (χ3v) is 4.95. The van der Waals surface area contributed by atoms with Crippen molar-refractivity contribution in [3.8, 4) is 0 Å². The van der Waals surface area contributed by atoms with Gasteiger partial charge in [-0.3, -0.25) is 4.79 Å². The second-order valence-electron chi connectivity index (χ2n) is 6.94. The number of rotatable bonds is 9. The highest BCUT2D eigenvalue weighted by molar-refractivity contribution is 14.0. The second-order valence-corrected chi connectivity index (χ2v) is 6.94. The number of hydrogen-bond donors (Lipinski definition) is 4. The molecule has 1 saturated carbocycles. The Bertz CT molecular complexity index is 552. The zero-order chi connectivity index (χ0) is 18.7. The molecule has 8 heteroatoms. The third kappa shape index (κ3) is 8.50. The maximum absolute atomic E-state index is 12.0. The number of halogens is 1. The number of aliphatic imine (C=N–C) groups is 1. The summed E-state index contributed by atoms with van der Waals surface area (Å²) in [4.78, 5) is 16.3. The van der Waals surface area contributed by atoms with E-state index in [0.717, 1.165) is 38.1 Å². The summed E-state index contributed by atoms with van der Waals surface area (Å²) in [6, 6.07) is 3.61. The molecule has 4 N–H and O–H groups in total. The zero-order valence-electron chi connectivity index (χ0n) is 16.1. The first-order chi connectivity index (χ1) is 12.7. The van der Waals surface area contributed by atoms with E-state index in [1.165, 1.54) is 19.3 Å². The van der Waals surface area contributed by atoms with Crippen LogP contribution in [-0.2, 0) is 11.3 Å². The van der Waals surface area contributed by atoms with Crippen LogP contribution in [0, 0.1) is 5.41 Å². The number of hydrogen-bond acceptors (Lipinski definition) is 4. The Balaban J connectivity index is 0.00000364. The molecule has 2 rings (SSSR count). The number of carbonyl (C=O) groups excluding carboxylic acids is 1. The number of aliphatic hydroxyl groups excluding tert-OH is 1. The Morgan fingerprint density at radius 1 is 1.26 bits per heavy atom. The van der Waals surface area contributed by atoms with Crippen LogP contribution in [0.3, 0.4) is 0 Å². The lowest BCUT2D eigenvalue weighted by Crippen LogP contribution is -2.45. The van der Waals surface area contributed by atoms with Crippen molar-refractivity contribution in [1.29, 1.82) is 0 Å². The summed E-state index contributed by atoms with van der Waals surface area (Å²) in [5.74, 6) is 1.21. The van der Waals surface area contributed by atoms with Crippen LogP contribution < -0.4 is 16.0 Å². The Morgan fingerprint density at radius 2 is 2.04 bits per heavy atom. The maximum atomic E-state index is 12.0. The quantitative estimate of drug-likeness (QED) is 0.241. The van der Waals surface area contributed by atoms with Crippen LogP contribution >= 0.6 is 24.0 Å². The van der Waals surface area contributed by atoms with E-state index in [-0.39, 0.29) is 48.5 Å². The van der Waals surface area contributed by atoms with E-state index in [4.69, 9.17) is 4.42 Å². The van der Waals surface area contributed by atoms with Gasteiger partial charge in [0.15, 0.2) is 5.96 Å². The fraction of sp³-hybridized carbons (Fsp3) is 0.684. The van der Waals surface area contributed by atoms with Crippen LogP contribution in [-0.4, -0.2) is 43.2 Å². The Morgan fingerprint density at radius 3 is 2.67 bits per heavy atom. The molecule has 0 aromatic carbocycles. The molecule has 0 unspecified atom stereocenters. The molecule has 1 aromatic heterocycles. The van der Waals surface area contributed by atoms with Gasteiger partial charge in [0.05, 0.1) is 12.8 Å². The molecule has 1 heterocycles. The SMILES string of the molecule is CCNC(=NCC(=O)NCc1ccco1)NCC1(CCO)CCCCC1.I. The summed E-state index contributed by atoms with van der Waals surface area (Å²) in [6.45, 7) is 4.14. The normalized spacial score (nSPS) is 16.3. The molecule has 1 aromatic rings. The van der Waals surface area contributed by atoms with E-state index < -0.39 is 0 Å². The van der Waals surface area contributed by atoms with Gasteiger partial charge < -0.3 is 25.5 Å². The van der Waals surface area contributed by atoms with Crippen molar-refractivity contribution < 1.29 is 14.3 Å². The molecule has 0 spiro atoms. The van der Waals surface area contributed by atoms with E-state index in [9.17, 15) is 9.90 Å². The number of carbonyl (C=O) groups is 1. The minimum atomic E-state index is -0.152. The van der Waals surface area contributed by atoms with E-state index >= 15 is 0 Å². The van der Waals surface area contributed by atoms with E-state index in [1.807, 2.05) is 13.0 Å². The lowest BCUT2D eigenvalue weighted by molar-refractivity contribution is -0.119. The van der Waals surface area contributed by atoms with Gasteiger partial charge in [-0.05, 0) is 43.7 Å². The Hall–Kier alpha value is -1.29. The summed E-state index contributed by atoms with van der Waals surface area (Å²) in [6.07, 6.45) is 8.35. The summed E-state index contributed by atoms with van der Waals surface area (Å²) in [7, 11) is 0. The second kappa shape index (κ2) is 13.0. The molecule has 0 atom stereocenters. The van der Waals surface area contributed by atoms with E-state index in [1.54, 1.807) is 12.3 Å². The summed E-state index contributed by atoms with van der Waals surface area (Å²) in [5, 5.41) is 18.8. The lowest BCUT2D eigenvalue weighted by Gasteiger charge is -2.37. The van der Waals surface area contributed by atoms with Gasteiger partial charge in [0.25, 0.3) is 0 Å². The minimum Gasteiger partial charge on any atom is -0.467 e. The fourth-order valence-electron chi connectivity index (χ4n) is 3.47. The van der Waals surface area contributed by atoms with Crippen LogP contribution in [0.25, 0.3) is 0 Å². The molecule has 27 heavy (non-hydrogen) atoms. The van der Waals surface area contributed by atoms with Gasteiger partial charge in [-0.25, -0.2) is 4.99 Å². The first-order valence-electron chi connectivity index (χ1n) is 9.59. The topological polar surface area (TPSA) is 98.9 Å². The fourth-order valence-corrected chi connectivity index (χ4v) is 3.47. The molecule has 1 aliphatic carbocycles. The van der Waals surface area contributed by atoms with Gasteiger partial charge in [-0.1, -0.05) is 19.3 Å². The number of nitrogens with one attached hydrogen (secondary N) is 3. The largest absolute Gasteiger partial charge is 0.467 e.